The molecule has 0 aliphatic rings. The Balaban J connectivity index is 0. The zero-order valence-electron chi connectivity index (χ0n) is 5.16. The number of H-pyrrole nitrogens is 1. The first-order valence-corrected chi connectivity index (χ1v) is 1.75. The molecule has 1 aromatic heterocycles. The first-order chi connectivity index (χ1) is 3.80. The number of hydrogen-bond acceptors (Lipinski definition) is 5. The van der Waals surface area contributed by atoms with Gasteiger partial charge in [0, 0.05) is 0 Å². The van der Waals surface area contributed by atoms with E-state index in [0.29, 0.717) is 0 Å². The zero-order valence-corrected chi connectivity index (χ0v) is 7.16. The monoisotopic (exact) mass is 154 g/mol. The molecular formula is C2H3N4NaO3. The van der Waals surface area contributed by atoms with Crippen molar-refractivity contribution in [2.45, 2.75) is 0 Å². The van der Waals surface area contributed by atoms with Crippen molar-refractivity contribution in [3.8, 4) is 0 Å². The maximum absolute atomic E-state index is 9.77. The van der Waals surface area contributed by atoms with Crippen LogP contribution in [0.4, 0.5) is 0 Å². The molecule has 0 fully saturated rings. The largest absolute Gasteiger partial charge is 1.00 e. The molecule has 50 valence electrons. The number of carboxylic acid groups (broad SMARTS) is 1. The minimum atomic E-state index is -1.43. The zero-order chi connectivity index (χ0) is 5.98. The van der Waals surface area contributed by atoms with Gasteiger partial charge in [-0.2, -0.15) is 5.21 Å². The maximum Gasteiger partial charge on any atom is 1.00 e. The number of aromatic carboxylic acids is 1. The second-order valence-corrected chi connectivity index (χ2v) is 1.02. The third kappa shape index (κ3) is 2.87. The summed E-state index contributed by atoms with van der Waals surface area (Å²) in [6.45, 7) is 0. The number of carbonyl (C=O) groups is 1. The molecule has 0 aliphatic carbocycles. The van der Waals surface area contributed by atoms with Crippen molar-refractivity contribution in [3.63, 3.8) is 0 Å². The Hall–Kier alpha value is -0.500. The number of rotatable bonds is 1. The van der Waals surface area contributed by atoms with Gasteiger partial charge in [0.25, 0.3) is 0 Å². The van der Waals surface area contributed by atoms with Gasteiger partial charge in [-0.05, 0) is 5.21 Å². The molecule has 0 spiro atoms. The molecule has 8 heteroatoms. The maximum atomic E-state index is 9.77. The summed E-state index contributed by atoms with van der Waals surface area (Å²) in [6.07, 6.45) is 0. The summed E-state index contributed by atoms with van der Waals surface area (Å²) in [4.78, 5) is 9.77. The quantitative estimate of drug-likeness (QED) is 0.402. The Morgan fingerprint density at radius 2 is 2.20 bits per heavy atom. The summed E-state index contributed by atoms with van der Waals surface area (Å²) in [5.74, 6) is -1.86. The molecule has 0 atom stereocenters. The third-order valence-electron chi connectivity index (χ3n) is 0.528. The van der Waals surface area contributed by atoms with Gasteiger partial charge in [0.05, 0.1) is 0 Å². The normalized spacial score (nSPS) is 7.20. The molecule has 3 N–H and O–H groups in total. The molecule has 0 bridgehead atoms. The Kier molecular flexibility index (Phi) is 6.46. The van der Waals surface area contributed by atoms with Crippen LogP contribution in [0.5, 0.6) is 0 Å². The van der Waals surface area contributed by atoms with E-state index in [2.05, 4.69) is 15.4 Å². The topological polar surface area (TPSA) is 126 Å². The van der Waals surface area contributed by atoms with Crippen LogP contribution in [0.1, 0.15) is 10.6 Å². The summed E-state index contributed by atoms with van der Waals surface area (Å²) in [7, 11) is 0. The van der Waals surface area contributed by atoms with Gasteiger partial charge in [-0.1, -0.05) is 0 Å². The Morgan fingerprint density at radius 3 is 2.40 bits per heavy atom. The van der Waals surface area contributed by atoms with Gasteiger partial charge < -0.3 is 15.4 Å². The molecule has 0 aliphatic heterocycles. The summed E-state index contributed by atoms with van der Waals surface area (Å²) in [5, 5.41) is 20.9. The van der Waals surface area contributed by atoms with Gasteiger partial charge in [0.2, 0.25) is 5.82 Å². The van der Waals surface area contributed by atoms with Crippen molar-refractivity contribution in [3.05, 3.63) is 5.82 Å². The van der Waals surface area contributed by atoms with E-state index in [0.717, 1.165) is 0 Å². The molecule has 1 rings (SSSR count). The smallest absolute Gasteiger partial charge is 0.541 e. The standard InChI is InChI=1S/C2H2N4O2.Na.H2O/c7-2(8)1-3-5-6-4-1;;/h(H,7,8)(H,3,4,5,6);;1H2/q;+1;/p-1. The van der Waals surface area contributed by atoms with Crippen LogP contribution in [-0.2, 0) is 0 Å². The number of carbonyl (C=O) groups excluding carboxylic acids is 1. The number of carboxylic acids is 1. The van der Waals surface area contributed by atoms with Crippen molar-refractivity contribution in [2.75, 3.05) is 0 Å². The second kappa shape index (κ2) is 5.30. The van der Waals surface area contributed by atoms with Crippen LogP contribution in [-0.4, -0.2) is 32.1 Å². The van der Waals surface area contributed by atoms with Crippen molar-refractivity contribution in [1.82, 2.24) is 20.6 Å². The van der Waals surface area contributed by atoms with Crippen LogP contribution in [0, 0.1) is 0 Å². The van der Waals surface area contributed by atoms with E-state index in [9.17, 15) is 9.90 Å². The van der Waals surface area contributed by atoms with Crippen molar-refractivity contribution >= 4 is 5.97 Å². The van der Waals surface area contributed by atoms with E-state index in [4.69, 9.17) is 0 Å². The number of nitrogens with one attached hydrogen (secondary N) is 1. The van der Waals surface area contributed by atoms with E-state index < -0.39 is 11.8 Å². The number of nitrogens with zero attached hydrogens (tertiary/aromatic N) is 3. The van der Waals surface area contributed by atoms with E-state index in [1.807, 2.05) is 5.21 Å². The fraction of sp³-hybridized carbons (Fsp3) is 0. The molecule has 1 heterocycles. The minimum absolute atomic E-state index is 0. The molecular weight excluding hydrogens is 151 g/mol. The summed E-state index contributed by atoms with van der Waals surface area (Å²) < 4.78 is 0. The molecule has 0 amide bonds. The van der Waals surface area contributed by atoms with Gasteiger partial charge in [-0.25, -0.2) is 0 Å². The van der Waals surface area contributed by atoms with Crippen molar-refractivity contribution in [1.29, 1.82) is 0 Å². The van der Waals surface area contributed by atoms with E-state index >= 15 is 0 Å². The Bertz CT molecular complexity index is 186. The first kappa shape index (κ1) is 12.2. The minimum Gasteiger partial charge on any atom is -0.541 e. The fourth-order valence-corrected chi connectivity index (χ4v) is 0.248. The summed E-state index contributed by atoms with van der Waals surface area (Å²) in [6, 6.07) is 0. The number of hydrogen-bond donors (Lipinski definition) is 1. The van der Waals surface area contributed by atoms with Crippen LogP contribution < -0.4 is 34.7 Å². The van der Waals surface area contributed by atoms with E-state index in [1.165, 1.54) is 0 Å². The molecule has 0 aromatic carbocycles. The van der Waals surface area contributed by atoms with Gasteiger partial charge in [-0.3, -0.25) is 0 Å². The van der Waals surface area contributed by atoms with Crippen LogP contribution in [0.2, 0.25) is 0 Å². The summed E-state index contributed by atoms with van der Waals surface area (Å²) in [5.41, 5.74) is 0. The van der Waals surface area contributed by atoms with Gasteiger partial charge in [-0.15, -0.1) is 10.2 Å². The van der Waals surface area contributed by atoms with Gasteiger partial charge >= 0.3 is 29.6 Å². The van der Waals surface area contributed by atoms with Gasteiger partial charge in [0.15, 0.2) is 0 Å². The first-order valence-electron chi connectivity index (χ1n) is 1.75. The van der Waals surface area contributed by atoms with Gasteiger partial charge in [0.1, 0.15) is 5.97 Å². The summed E-state index contributed by atoms with van der Waals surface area (Å²) >= 11 is 0. The molecule has 1 aromatic rings. The van der Waals surface area contributed by atoms with Crippen LogP contribution in [0.25, 0.3) is 0 Å². The number of tetrazole rings is 1. The van der Waals surface area contributed by atoms with Crippen molar-refractivity contribution in [2.24, 2.45) is 0 Å². The van der Waals surface area contributed by atoms with Crippen LogP contribution in [0.15, 0.2) is 0 Å². The van der Waals surface area contributed by atoms with E-state index in [-0.39, 0.29) is 35.0 Å². The SMILES string of the molecule is O.O=C([O-])c1nn[nH]n1.[Na+]. The van der Waals surface area contributed by atoms with Crippen LogP contribution >= 0.6 is 0 Å². The molecule has 0 radical (unpaired) electrons. The third-order valence-corrected chi connectivity index (χ3v) is 0.528. The Morgan fingerprint density at radius 1 is 1.60 bits per heavy atom. The average Bonchev–Trinajstić information content (AvgIpc) is 2.12. The fourth-order valence-electron chi connectivity index (χ4n) is 0.248. The van der Waals surface area contributed by atoms with E-state index in [1.54, 1.807) is 0 Å². The second-order valence-electron chi connectivity index (χ2n) is 1.02. The Labute approximate surface area is 77.4 Å². The molecule has 7 nitrogen and oxygen atoms in total. The molecule has 10 heavy (non-hydrogen) atoms. The predicted molar refractivity (Wildman–Crippen MR) is 22.1 cm³/mol. The molecule has 0 unspecified atom stereocenters. The van der Waals surface area contributed by atoms with Crippen molar-refractivity contribution < 1.29 is 44.9 Å². The van der Waals surface area contributed by atoms with Crippen LogP contribution in [0.3, 0.4) is 0 Å². The molecule has 0 saturated heterocycles. The number of aromatic amines is 1. The average molecular weight is 154 g/mol. The molecule has 0 saturated carbocycles. The predicted octanol–water partition coefficient (Wildman–Crippen LogP) is -6.26. The number of aromatic nitrogens is 4.